The number of carbonyl (C=O) groups is 1. The second-order valence-electron chi connectivity index (χ2n) is 6.40. The minimum atomic E-state index is 0.167. The zero-order valence-corrected chi connectivity index (χ0v) is 12.4. The maximum Gasteiger partial charge on any atom is 0.140 e. The van der Waals surface area contributed by atoms with E-state index in [1.165, 1.54) is 24.0 Å². The van der Waals surface area contributed by atoms with Gasteiger partial charge in [0.1, 0.15) is 5.78 Å². The van der Waals surface area contributed by atoms with Crippen molar-refractivity contribution < 1.29 is 4.79 Å². The molecule has 1 aliphatic carbocycles. The highest BCUT2D eigenvalue weighted by Crippen LogP contribution is 2.41. The van der Waals surface area contributed by atoms with E-state index in [0.717, 1.165) is 38.3 Å². The summed E-state index contributed by atoms with van der Waals surface area (Å²) < 4.78 is 0. The van der Waals surface area contributed by atoms with E-state index in [2.05, 4.69) is 36.5 Å². The minimum Gasteiger partial charge on any atom is -0.317 e. The fourth-order valence-corrected chi connectivity index (χ4v) is 3.90. The predicted molar refractivity (Wildman–Crippen MR) is 81.9 cm³/mol. The standard InChI is InChI=1S/C18H25NO/c1-2-13-3-5-15(6-4-13)17-11-16(12-18(17)20)14-7-9-19-10-8-14/h3-6,14,16-17,19H,2,7-12H2,1H3. The van der Waals surface area contributed by atoms with Gasteiger partial charge in [0.25, 0.3) is 0 Å². The molecule has 1 saturated carbocycles. The van der Waals surface area contributed by atoms with Gasteiger partial charge in [-0.15, -0.1) is 0 Å². The molecular weight excluding hydrogens is 246 g/mol. The van der Waals surface area contributed by atoms with Crippen LogP contribution in [0.25, 0.3) is 0 Å². The molecule has 20 heavy (non-hydrogen) atoms. The van der Waals surface area contributed by atoms with Crippen LogP contribution in [0.2, 0.25) is 0 Å². The van der Waals surface area contributed by atoms with Crippen molar-refractivity contribution in [3.05, 3.63) is 35.4 Å². The van der Waals surface area contributed by atoms with Crippen LogP contribution < -0.4 is 5.32 Å². The van der Waals surface area contributed by atoms with Gasteiger partial charge in [-0.05, 0) is 61.7 Å². The Morgan fingerprint density at radius 2 is 1.80 bits per heavy atom. The Morgan fingerprint density at radius 3 is 2.45 bits per heavy atom. The van der Waals surface area contributed by atoms with Gasteiger partial charge in [-0.25, -0.2) is 0 Å². The number of piperidine rings is 1. The molecule has 2 unspecified atom stereocenters. The first-order chi connectivity index (χ1) is 9.78. The molecule has 2 aliphatic rings. The van der Waals surface area contributed by atoms with E-state index in [-0.39, 0.29) is 5.92 Å². The zero-order valence-electron chi connectivity index (χ0n) is 12.4. The van der Waals surface area contributed by atoms with Crippen LogP contribution in [0.5, 0.6) is 0 Å². The summed E-state index contributed by atoms with van der Waals surface area (Å²) >= 11 is 0. The number of nitrogens with one attached hydrogen (secondary N) is 1. The molecule has 1 saturated heterocycles. The smallest absolute Gasteiger partial charge is 0.140 e. The normalized spacial score (nSPS) is 27.9. The summed E-state index contributed by atoms with van der Waals surface area (Å²) in [6.07, 6.45) is 5.45. The summed E-state index contributed by atoms with van der Waals surface area (Å²) in [5.74, 6) is 2.03. The summed E-state index contributed by atoms with van der Waals surface area (Å²) in [5, 5.41) is 3.42. The third-order valence-electron chi connectivity index (χ3n) is 5.23. The third kappa shape index (κ3) is 2.80. The number of carbonyl (C=O) groups excluding carboxylic acids is 1. The molecular formula is C18H25NO. The molecule has 2 atom stereocenters. The Morgan fingerprint density at radius 1 is 1.10 bits per heavy atom. The van der Waals surface area contributed by atoms with Gasteiger partial charge in [-0.2, -0.15) is 0 Å². The van der Waals surface area contributed by atoms with Crippen molar-refractivity contribution in [2.75, 3.05) is 13.1 Å². The monoisotopic (exact) mass is 271 g/mol. The molecule has 1 aromatic carbocycles. The predicted octanol–water partition coefficient (Wildman–Crippen LogP) is 3.31. The fraction of sp³-hybridized carbons (Fsp3) is 0.611. The lowest BCUT2D eigenvalue weighted by Crippen LogP contribution is -2.31. The summed E-state index contributed by atoms with van der Waals surface area (Å²) in [7, 11) is 0. The van der Waals surface area contributed by atoms with E-state index >= 15 is 0 Å². The summed E-state index contributed by atoms with van der Waals surface area (Å²) in [4.78, 5) is 12.4. The van der Waals surface area contributed by atoms with Crippen LogP contribution in [0.4, 0.5) is 0 Å². The molecule has 1 N–H and O–H groups in total. The van der Waals surface area contributed by atoms with Crippen molar-refractivity contribution in [3.63, 3.8) is 0 Å². The van der Waals surface area contributed by atoms with Gasteiger partial charge in [0.15, 0.2) is 0 Å². The Bertz CT molecular complexity index is 459. The van der Waals surface area contributed by atoms with E-state index in [0.29, 0.717) is 11.7 Å². The van der Waals surface area contributed by atoms with Crippen LogP contribution in [0.15, 0.2) is 24.3 Å². The molecule has 0 radical (unpaired) electrons. The number of aryl methyl sites for hydroxylation is 1. The topological polar surface area (TPSA) is 29.1 Å². The number of hydrogen-bond acceptors (Lipinski definition) is 2. The van der Waals surface area contributed by atoms with Gasteiger partial charge in [0.2, 0.25) is 0 Å². The molecule has 108 valence electrons. The second kappa shape index (κ2) is 6.09. The largest absolute Gasteiger partial charge is 0.317 e. The molecule has 2 fully saturated rings. The van der Waals surface area contributed by atoms with E-state index in [1.54, 1.807) is 0 Å². The summed E-state index contributed by atoms with van der Waals surface area (Å²) in [6.45, 7) is 4.43. The fourth-order valence-electron chi connectivity index (χ4n) is 3.90. The van der Waals surface area contributed by atoms with Crippen molar-refractivity contribution in [1.29, 1.82) is 0 Å². The Labute approximate surface area is 122 Å². The Hall–Kier alpha value is -1.15. The number of benzene rings is 1. The Kier molecular flexibility index (Phi) is 4.21. The number of hydrogen-bond donors (Lipinski definition) is 1. The van der Waals surface area contributed by atoms with Gasteiger partial charge in [-0.3, -0.25) is 4.79 Å². The summed E-state index contributed by atoms with van der Waals surface area (Å²) in [5.41, 5.74) is 2.60. The molecule has 1 heterocycles. The van der Waals surface area contributed by atoms with Crippen molar-refractivity contribution in [3.8, 4) is 0 Å². The first-order valence-corrected chi connectivity index (χ1v) is 8.10. The average molecular weight is 271 g/mol. The molecule has 3 rings (SSSR count). The first kappa shape index (κ1) is 13.8. The lowest BCUT2D eigenvalue weighted by atomic mass is 9.83. The van der Waals surface area contributed by atoms with Crippen LogP contribution in [0.1, 0.15) is 49.7 Å². The highest BCUT2D eigenvalue weighted by molar-refractivity contribution is 5.88. The van der Waals surface area contributed by atoms with Crippen molar-refractivity contribution in [2.45, 2.75) is 44.9 Å². The van der Waals surface area contributed by atoms with Crippen LogP contribution in [-0.2, 0) is 11.2 Å². The van der Waals surface area contributed by atoms with Gasteiger partial charge < -0.3 is 5.32 Å². The second-order valence-corrected chi connectivity index (χ2v) is 6.40. The molecule has 2 heteroatoms. The van der Waals surface area contributed by atoms with Gasteiger partial charge in [0.05, 0.1) is 0 Å². The van der Waals surface area contributed by atoms with Crippen LogP contribution in [0, 0.1) is 11.8 Å². The van der Waals surface area contributed by atoms with Crippen molar-refractivity contribution >= 4 is 5.78 Å². The van der Waals surface area contributed by atoms with Crippen LogP contribution >= 0.6 is 0 Å². The number of ketones is 1. The first-order valence-electron chi connectivity index (χ1n) is 8.10. The lowest BCUT2D eigenvalue weighted by molar-refractivity contribution is -0.118. The highest BCUT2D eigenvalue weighted by atomic mass is 16.1. The van der Waals surface area contributed by atoms with E-state index in [1.807, 2.05) is 0 Å². The van der Waals surface area contributed by atoms with Gasteiger partial charge in [-0.1, -0.05) is 31.2 Å². The Balaban J connectivity index is 1.69. The molecule has 0 amide bonds. The lowest BCUT2D eigenvalue weighted by Gasteiger charge is -2.27. The maximum absolute atomic E-state index is 12.4. The van der Waals surface area contributed by atoms with Gasteiger partial charge in [0, 0.05) is 12.3 Å². The van der Waals surface area contributed by atoms with Crippen LogP contribution in [-0.4, -0.2) is 18.9 Å². The van der Waals surface area contributed by atoms with E-state index < -0.39 is 0 Å². The van der Waals surface area contributed by atoms with E-state index in [4.69, 9.17) is 0 Å². The average Bonchev–Trinajstić information content (AvgIpc) is 2.90. The molecule has 2 nitrogen and oxygen atoms in total. The van der Waals surface area contributed by atoms with Crippen molar-refractivity contribution in [2.24, 2.45) is 11.8 Å². The molecule has 0 spiro atoms. The quantitative estimate of drug-likeness (QED) is 0.914. The summed E-state index contributed by atoms with van der Waals surface area (Å²) in [6, 6.07) is 8.71. The van der Waals surface area contributed by atoms with Crippen molar-refractivity contribution in [1.82, 2.24) is 5.32 Å². The SMILES string of the molecule is CCc1ccc(C2CC(C3CCNCC3)CC2=O)cc1. The molecule has 0 aromatic heterocycles. The minimum absolute atomic E-state index is 0.167. The molecule has 0 bridgehead atoms. The third-order valence-corrected chi connectivity index (χ3v) is 5.23. The molecule has 1 aliphatic heterocycles. The maximum atomic E-state index is 12.4. The molecule has 1 aromatic rings. The van der Waals surface area contributed by atoms with Gasteiger partial charge >= 0.3 is 0 Å². The van der Waals surface area contributed by atoms with E-state index in [9.17, 15) is 4.79 Å². The zero-order chi connectivity index (χ0) is 13.9. The number of Topliss-reactive ketones (excluding diaryl/α,β-unsaturated/α-hetero) is 1. The number of rotatable bonds is 3. The highest BCUT2D eigenvalue weighted by Gasteiger charge is 2.37. The van der Waals surface area contributed by atoms with Crippen LogP contribution in [0.3, 0.4) is 0 Å².